The van der Waals surface area contributed by atoms with E-state index in [-0.39, 0.29) is 0 Å². The number of fused-ring (bicyclic) bond motifs is 1. The van der Waals surface area contributed by atoms with Crippen molar-refractivity contribution in [3.63, 3.8) is 0 Å². The third-order valence-corrected chi connectivity index (χ3v) is 2.70. The number of nitrogens with one attached hydrogen (secondary N) is 1. The lowest BCUT2D eigenvalue weighted by Gasteiger charge is -2.10. The average Bonchev–Trinajstić information content (AvgIpc) is 2.56. The lowest BCUT2D eigenvalue weighted by Crippen LogP contribution is -2.21. The van der Waals surface area contributed by atoms with Gasteiger partial charge in [0.1, 0.15) is 0 Å². The van der Waals surface area contributed by atoms with Crippen molar-refractivity contribution < 1.29 is 9.94 Å². The smallest absolute Gasteiger partial charge is 0.193 e. The molecule has 0 aliphatic carbocycles. The van der Waals surface area contributed by atoms with E-state index in [2.05, 4.69) is 51.4 Å². The maximum absolute atomic E-state index is 9.37. The average molecular weight is 346 g/mol. The molecule has 0 aromatic heterocycles. The van der Waals surface area contributed by atoms with Crippen LogP contribution in [-0.4, -0.2) is 11.4 Å². The van der Waals surface area contributed by atoms with Crippen LogP contribution in [0.5, 0.6) is 0 Å². The molecule has 0 bridgehead atoms. The predicted molar refractivity (Wildman–Crippen MR) is 109 cm³/mol. The van der Waals surface area contributed by atoms with Crippen LogP contribution >= 0.6 is 0 Å². The Kier molecular flexibility index (Phi) is 11.8. The van der Waals surface area contributed by atoms with E-state index in [1.54, 1.807) is 12.2 Å². The van der Waals surface area contributed by atoms with Crippen molar-refractivity contribution >= 4 is 10.8 Å². The van der Waals surface area contributed by atoms with Gasteiger partial charge in [0.05, 0.1) is 0 Å². The van der Waals surface area contributed by atoms with Crippen LogP contribution < -0.4 is 5.48 Å². The summed E-state index contributed by atoms with van der Waals surface area (Å²) in [4.78, 5) is 5.05. The van der Waals surface area contributed by atoms with Gasteiger partial charge >= 0.3 is 0 Å². The van der Waals surface area contributed by atoms with E-state index in [1.165, 1.54) is 10.8 Å². The summed E-state index contributed by atoms with van der Waals surface area (Å²) in [5.74, 6) is 0. The topological polar surface area (TPSA) is 41.5 Å². The molecule has 0 saturated carbocycles. The lowest BCUT2D eigenvalue weighted by molar-refractivity contribution is -0.118. The Balaban J connectivity index is 0.000000710. The first-order chi connectivity index (χ1) is 11.8. The highest BCUT2D eigenvalue weighted by atomic mass is 16.7. The number of hydroxylamine groups is 1. The Morgan fingerprint density at radius 3 is 2.20 bits per heavy atom. The number of aliphatic hydroxyl groups is 1. The van der Waals surface area contributed by atoms with Crippen LogP contribution in [0.4, 0.5) is 0 Å². The Hall–Kier alpha value is -1.68. The summed E-state index contributed by atoms with van der Waals surface area (Å²) in [5.41, 5.74) is 4.42. The molecule has 0 radical (unpaired) electrons. The molecular weight excluding hydrogens is 310 g/mol. The molecule has 3 nitrogen and oxygen atoms in total. The standard InChI is InChI=1S/C15H17NO2.C5H12.C2H6/c1-2-6-15(17)18-16-11-13-9-5-8-12-7-3-4-10-14(12)13;1-5(2,3)4;1-2/h2-10,15-17H,11H2,1H3;1-4H3;1-2H3/b6-2+;;. The molecule has 2 rings (SSSR count). The van der Waals surface area contributed by atoms with Gasteiger partial charge < -0.3 is 5.11 Å². The summed E-state index contributed by atoms with van der Waals surface area (Å²) in [7, 11) is 0. The van der Waals surface area contributed by atoms with Crippen LogP contribution in [0.1, 0.15) is 54.0 Å². The van der Waals surface area contributed by atoms with E-state index in [4.69, 9.17) is 4.84 Å². The van der Waals surface area contributed by atoms with Crippen LogP contribution in [-0.2, 0) is 11.4 Å². The van der Waals surface area contributed by atoms with Gasteiger partial charge in [0.15, 0.2) is 6.29 Å². The summed E-state index contributed by atoms with van der Waals surface area (Å²) < 4.78 is 0. The summed E-state index contributed by atoms with van der Waals surface area (Å²) >= 11 is 0. The minimum Gasteiger partial charge on any atom is -0.363 e. The zero-order valence-electron chi connectivity index (χ0n) is 16.8. The second-order valence-corrected chi connectivity index (χ2v) is 6.99. The van der Waals surface area contributed by atoms with Crippen molar-refractivity contribution in [2.24, 2.45) is 5.41 Å². The molecule has 2 N–H and O–H groups in total. The minimum atomic E-state index is -0.912. The minimum absolute atomic E-state index is 0.500. The van der Waals surface area contributed by atoms with E-state index >= 15 is 0 Å². The van der Waals surface area contributed by atoms with Crippen LogP contribution in [0.3, 0.4) is 0 Å². The number of allylic oxidation sites excluding steroid dienone is 1. The highest BCUT2D eigenvalue weighted by Gasteiger charge is 2.01. The Bertz CT molecular complexity index is 603. The Labute approximate surface area is 153 Å². The molecule has 2 aromatic carbocycles. The molecule has 1 unspecified atom stereocenters. The molecule has 0 saturated heterocycles. The fourth-order valence-electron chi connectivity index (χ4n) is 1.86. The van der Waals surface area contributed by atoms with Gasteiger partial charge in [-0.2, -0.15) is 5.48 Å². The van der Waals surface area contributed by atoms with Gasteiger partial charge in [-0.3, -0.25) is 4.84 Å². The summed E-state index contributed by atoms with van der Waals surface area (Å²) in [5, 5.41) is 11.8. The van der Waals surface area contributed by atoms with Crippen LogP contribution in [0.15, 0.2) is 54.6 Å². The van der Waals surface area contributed by atoms with Gasteiger partial charge in [-0.1, -0.05) is 90.1 Å². The maximum Gasteiger partial charge on any atom is 0.193 e. The second kappa shape index (κ2) is 12.6. The van der Waals surface area contributed by atoms with E-state index in [9.17, 15) is 5.11 Å². The Morgan fingerprint density at radius 2 is 1.60 bits per heavy atom. The normalized spacial score (nSPS) is 12.2. The third-order valence-electron chi connectivity index (χ3n) is 2.70. The molecule has 1 atom stereocenters. The predicted octanol–water partition coefficient (Wildman–Crippen LogP) is 5.83. The molecular formula is C22H35NO2. The van der Waals surface area contributed by atoms with E-state index in [0.717, 1.165) is 5.56 Å². The van der Waals surface area contributed by atoms with E-state index in [1.807, 2.05) is 45.0 Å². The first kappa shape index (κ1) is 23.3. The summed E-state index contributed by atoms with van der Waals surface area (Å²) in [6, 6.07) is 14.3. The quantitative estimate of drug-likeness (QED) is 0.407. The summed E-state index contributed by atoms with van der Waals surface area (Å²) in [6.45, 7) is 15.1. The maximum atomic E-state index is 9.37. The number of rotatable bonds is 5. The molecule has 0 aliphatic heterocycles. The fraction of sp³-hybridized carbons (Fsp3) is 0.455. The van der Waals surface area contributed by atoms with Gasteiger partial charge in [-0.15, -0.1) is 0 Å². The van der Waals surface area contributed by atoms with Crippen molar-refractivity contribution in [2.75, 3.05) is 0 Å². The molecule has 0 amide bonds. The zero-order chi connectivity index (χ0) is 19.3. The van der Waals surface area contributed by atoms with Gasteiger partial charge in [0.25, 0.3) is 0 Å². The monoisotopic (exact) mass is 345 g/mol. The van der Waals surface area contributed by atoms with Gasteiger partial charge in [-0.25, -0.2) is 0 Å². The van der Waals surface area contributed by atoms with Crippen molar-refractivity contribution in [3.8, 4) is 0 Å². The van der Waals surface area contributed by atoms with Crippen LogP contribution in [0, 0.1) is 5.41 Å². The summed E-state index contributed by atoms with van der Waals surface area (Å²) in [6.07, 6.45) is 2.39. The molecule has 2 aromatic rings. The zero-order valence-corrected chi connectivity index (χ0v) is 16.8. The highest BCUT2D eigenvalue weighted by molar-refractivity contribution is 5.85. The molecule has 25 heavy (non-hydrogen) atoms. The van der Waals surface area contributed by atoms with Gasteiger partial charge in [-0.05, 0) is 34.8 Å². The Morgan fingerprint density at radius 1 is 1.04 bits per heavy atom. The van der Waals surface area contributed by atoms with Crippen LogP contribution in [0.2, 0.25) is 0 Å². The van der Waals surface area contributed by atoms with Crippen molar-refractivity contribution in [2.45, 2.75) is 61.3 Å². The highest BCUT2D eigenvalue weighted by Crippen LogP contribution is 2.18. The molecule has 3 heteroatoms. The lowest BCUT2D eigenvalue weighted by atomic mass is 10.0. The molecule has 140 valence electrons. The van der Waals surface area contributed by atoms with Gasteiger partial charge in [0, 0.05) is 6.54 Å². The largest absolute Gasteiger partial charge is 0.363 e. The molecule has 0 heterocycles. The number of hydrogen-bond donors (Lipinski definition) is 2. The fourth-order valence-corrected chi connectivity index (χ4v) is 1.86. The number of hydrogen-bond acceptors (Lipinski definition) is 3. The SMILES string of the molecule is C/C=C/C(O)ONCc1cccc2ccccc12.CC.CC(C)(C)C. The van der Waals surface area contributed by atoms with Crippen molar-refractivity contribution in [1.29, 1.82) is 0 Å². The third kappa shape index (κ3) is 11.5. The molecule has 0 spiro atoms. The molecule has 0 aliphatic rings. The second-order valence-electron chi connectivity index (χ2n) is 6.99. The van der Waals surface area contributed by atoms with Gasteiger partial charge in [0.2, 0.25) is 0 Å². The van der Waals surface area contributed by atoms with E-state index < -0.39 is 6.29 Å². The van der Waals surface area contributed by atoms with Crippen molar-refractivity contribution in [1.82, 2.24) is 5.48 Å². The number of aliphatic hydroxyl groups excluding tert-OH is 1. The molecule has 0 fully saturated rings. The van der Waals surface area contributed by atoms with Crippen LogP contribution in [0.25, 0.3) is 10.8 Å². The first-order valence-corrected chi connectivity index (χ1v) is 8.97. The number of benzene rings is 2. The first-order valence-electron chi connectivity index (χ1n) is 8.97. The van der Waals surface area contributed by atoms with E-state index in [0.29, 0.717) is 12.0 Å². The van der Waals surface area contributed by atoms with Crippen molar-refractivity contribution in [3.05, 3.63) is 60.2 Å².